The number of halogens is 3. The molecule has 0 aliphatic heterocycles. The number of amides is 2. The Morgan fingerprint density at radius 3 is 2.13 bits per heavy atom. The van der Waals surface area contributed by atoms with Crippen LogP contribution in [0.25, 0.3) is 0 Å². The van der Waals surface area contributed by atoms with Crippen molar-refractivity contribution in [2.75, 3.05) is 13.2 Å². The van der Waals surface area contributed by atoms with Crippen LogP contribution in [0.5, 0.6) is 0 Å². The molecule has 136 valence electrons. The van der Waals surface area contributed by atoms with Gasteiger partial charge in [-0.15, -0.1) is 0 Å². The third-order valence-corrected chi connectivity index (χ3v) is 5.74. The summed E-state index contributed by atoms with van der Waals surface area (Å²) in [4.78, 5) is 11.9. The predicted molar refractivity (Wildman–Crippen MR) is 79.2 cm³/mol. The average molecular weight is 360 g/mol. The molecule has 0 aromatic rings. The third-order valence-electron chi connectivity index (χ3n) is 3.45. The first-order chi connectivity index (χ1) is 10.7. The van der Waals surface area contributed by atoms with Crippen LogP contribution in [0.2, 0.25) is 0 Å². The number of rotatable bonds is 7. The first-order valence-electron chi connectivity index (χ1n) is 7.75. The Balaban J connectivity index is 2.80. The van der Waals surface area contributed by atoms with Crippen molar-refractivity contribution in [3.8, 4) is 0 Å². The molecule has 1 aliphatic rings. The van der Waals surface area contributed by atoms with Crippen LogP contribution in [0.15, 0.2) is 0 Å². The number of nitrogens with one attached hydrogen (secondary N) is 2. The van der Waals surface area contributed by atoms with E-state index >= 15 is 0 Å². The number of hydrogen-bond donors (Lipinski definition) is 2. The molecule has 1 saturated carbocycles. The summed E-state index contributed by atoms with van der Waals surface area (Å²) in [5.41, 5.74) is 0. The molecule has 0 radical (unpaired) electrons. The Morgan fingerprint density at radius 1 is 1.17 bits per heavy atom. The molecule has 2 N–H and O–H groups in total. The van der Waals surface area contributed by atoms with Crippen LogP contribution in [0, 0.1) is 0 Å². The number of urea groups is 1. The molecule has 10 heteroatoms. The smallest absolute Gasteiger partial charge is 0.335 e. The predicted octanol–water partition coefficient (Wildman–Crippen LogP) is 3.77. The van der Waals surface area contributed by atoms with Crippen LogP contribution < -0.4 is 10.6 Å². The zero-order chi connectivity index (χ0) is 17.5. The highest BCUT2D eigenvalue weighted by atomic mass is 31.2. The van der Waals surface area contributed by atoms with Crippen LogP contribution in [-0.4, -0.2) is 37.2 Å². The Kier molecular flexibility index (Phi) is 7.83. The second kappa shape index (κ2) is 8.89. The maximum atomic E-state index is 13.2. The molecule has 1 fully saturated rings. The Bertz CT molecular complexity index is 418. The molecular formula is C13H24F3N2O4P. The lowest BCUT2D eigenvalue weighted by molar-refractivity contribution is -0.139. The molecule has 0 bridgehead atoms. The van der Waals surface area contributed by atoms with Gasteiger partial charge in [0.15, 0.2) is 0 Å². The molecule has 0 aromatic carbocycles. The second-order valence-corrected chi connectivity index (χ2v) is 7.38. The van der Waals surface area contributed by atoms with E-state index in [9.17, 15) is 22.5 Å². The van der Waals surface area contributed by atoms with Gasteiger partial charge >= 0.3 is 19.8 Å². The van der Waals surface area contributed by atoms with Gasteiger partial charge in [0, 0.05) is 6.04 Å². The molecule has 6 nitrogen and oxygen atoms in total. The molecule has 0 heterocycles. The van der Waals surface area contributed by atoms with E-state index in [0.717, 1.165) is 32.1 Å². The SMILES string of the molecule is CCOP(=O)(OCC)[C@H](NC(=O)NC1CCCCC1)C(F)(F)F. The summed E-state index contributed by atoms with van der Waals surface area (Å²) in [6.45, 7) is 2.36. The number of carbonyl (C=O) groups is 1. The molecule has 0 saturated heterocycles. The van der Waals surface area contributed by atoms with Crippen LogP contribution >= 0.6 is 7.60 Å². The first kappa shape index (κ1) is 20.3. The summed E-state index contributed by atoms with van der Waals surface area (Å²) in [6, 6.07) is -1.19. The van der Waals surface area contributed by atoms with Gasteiger partial charge in [0.25, 0.3) is 0 Å². The monoisotopic (exact) mass is 360 g/mol. The Labute approximate surface area is 134 Å². The van der Waals surface area contributed by atoms with Gasteiger partial charge in [-0.1, -0.05) is 19.3 Å². The normalized spacial score (nSPS) is 18.5. The van der Waals surface area contributed by atoms with Crippen molar-refractivity contribution in [2.24, 2.45) is 0 Å². The van der Waals surface area contributed by atoms with E-state index in [4.69, 9.17) is 9.05 Å². The zero-order valence-electron chi connectivity index (χ0n) is 13.3. The van der Waals surface area contributed by atoms with E-state index in [0.29, 0.717) is 0 Å². The maximum Gasteiger partial charge on any atom is 0.420 e. The molecule has 2 amide bonds. The topological polar surface area (TPSA) is 76.7 Å². The summed E-state index contributed by atoms with van der Waals surface area (Å²) < 4.78 is 61.5. The maximum absolute atomic E-state index is 13.2. The lowest BCUT2D eigenvalue weighted by atomic mass is 9.96. The highest BCUT2D eigenvalue weighted by Gasteiger charge is 2.55. The van der Waals surface area contributed by atoms with Gasteiger partial charge in [-0.3, -0.25) is 4.57 Å². The molecule has 1 atom stereocenters. The summed E-state index contributed by atoms with van der Waals surface area (Å²) in [6.07, 6.45) is -0.621. The number of hydrogen-bond acceptors (Lipinski definition) is 4. The standard InChI is InChI=1S/C13H24F3N2O4P/c1-3-21-23(20,22-4-2)11(13(14,15)16)18-12(19)17-10-8-6-5-7-9-10/h10-11H,3-9H2,1-2H3,(H2,17,18,19)/t11-/m0/s1. The van der Waals surface area contributed by atoms with Crippen molar-refractivity contribution >= 4 is 13.6 Å². The van der Waals surface area contributed by atoms with E-state index in [-0.39, 0.29) is 19.3 Å². The Morgan fingerprint density at radius 2 is 1.70 bits per heavy atom. The van der Waals surface area contributed by atoms with Gasteiger partial charge in [-0.25, -0.2) is 4.79 Å². The molecule has 0 unspecified atom stereocenters. The van der Waals surface area contributed by atoms with Crippen molar-refractivity contribution in [1.82, 2.24) is 10.6 Å². The fraction of sp³-hybridized carbons (Fsp3) is 0.923. The van der Waals surface area contributed by atoms with Gasteiger partial charge in [-0.2, -0.15) is 13.2 Å². The second-order valence-electron chi connectivity index (χ2n) is 5.27. The molecule has 0 spiro atoms. The van der Waals surface area contributed by atoms with E-state index < -0.39 is 25.6 Å². The minimum absolute atomic E-state index is 0.170. The highest BCUT2D eigenvalue weighted by Crippen LogP contribution is 2.56. The minimum Gasteiger partial charge on any atom is -0.335 e. The van der Waals surface area contributed by atoms with Gasteiger partial charge in [0.1, 0.15) is 0 Å². The lowest BCUT2D eigenvalue weighted by Crippen LogP contribution is -2.52. The van der Waals surface area contributed by atoms with E-state index in [1.54, 1.807) is 5.32 Å². The highest BCUT2D eigenvalue weighted by molar-refractivity contribution is 7.54. The number of carbonyl (C=O) groups excluding carboxylic acids is 1. The molecule has 1 rings (SSSR count). The van der Waals surface area contributed by atoms with Crippen LogP contribution in [0.3, 0.4) is 0 Å². The van der Waals surface area contributed by atoms with Crippen LogP contribution in [-0.2, 0) is 13.6 Å². The van der Waals surface area contributed by atoms with E-state index in [2.05, 4.69) is 5.32 Å². The summed E-state index contributed by atoms with van der Waals surface area (Å²) >= 11 is 0. The minimum atomic E-state index is -4.95. The average Bonchev–Trinajstić information content (AvgIpc) is 2.45. The lowest BCUT2D eigenvalue weighted by Gasteiger charge is -2.30. The van der Waals surface area contributed by atoms with Gasteiger partial charge < -0.3 is 19.7 Å². The largest absolute Gasteiger partial charge is 0.420 e. The van der Waals surface area contributed by atoms with Crippen molar-refractivity contribution in [3.05, 3.63) is 0 Å². The van der Waals surface area contributed by atoms with Gasteiger partial charge in [0.05, 0.1) is 13.2 Å². The fourth-order valence-corrected chi connectivity index (χ4v) is 4.21. The van der Waals surface area contributed by atoms with Crippen LogP contribution in [0.1, 0.15) is 46.0 Å². The first-order valence-corrected chi connectivity index (χ1v) is 9.36. The molecular weight excluding hydrogens is 336 g/mol. The van der Waals surface area contributed by atoms with Crippen molar-refractivity contribution in [1.29, 1.82) is 0 Å². The van der Waals surface area contributed by atoms with Crippen molar-refractivity contribution in [3.63, 3.8) is 0 Å². The fourth-order valence-electron chi connectivity index (χ4n) is 2.48. The molecule has 23 heavy (non-hydrogen) atoms. The quantitative estimate of drug-likeness (QED) is 0.678. The number of alkyl halides is 3. The Hall–Kier alpha value is -0.790. The van der Waals surface area contributed by atoms with Gasteiger partial charge in [-0.05, 0) is 26.7 Å². The van der Waals surface area contributed by atoms with E-state index in [1.807, 2.05) is 0 Å². The van der Waals surface area contributed by atoms with Crippen molar-refractivity contribution in [2.45, 2.75) is 64.0 Å². The summed E-state index contributed by atoms with van der Waals surface area (Å²) in [5.74, 6) is -2.70. The van der Waals surface area contributed by atoms with E-state index in [1.165, 1.54) is 13.8 Å². The zero-order valence-corrected chi connectivity index (χ0v) is 14.2. The third kappa shape index (κ3) is 6.31. The summed E-state index contributed by atoms with van der Waals surface area (Å²) in [7, 11) is -4.56. The summed E-state index contributed by atoms with van der Waals surface area (Å²) in [5, 5.41) is 4.22. The molecule has 0 aromatic heterocycles. The van der Waals surface area contributed by atoms with Crippen LogP contribution in [0.4, 0.5) is 18.0 Å². The van der Waals surface area contributed by atoms with Gasteiger partial charge in [0.2, 0.25) is 5.78 Å². The molecule has 1 aliphatic carbocycles. The van der Waals surface area contributed by atoms with Crippen molar-refractivity contribution < 1.29 is 31.6 Å².